The van der Waals surface area contributed by atoms with Gasteiger partial charge >= 0.3 is 0 Å². The first-order chi connectivity index (χ1) is 16.7. The molecule has 3 aromatic heterocycles. The molecule has 0 radical (unpaired) electrons. The fraction of sp³-hybridized carbons (Fsp3) is 0.250. The smallest absolute Gasteiger partial charge is 0.257 e. The fourth-order valence-electron chi connectivity index (χ4n) is 4.15. The minimum atomic E-state index is -0.0855. The van der Waals surface area contributed by atoms with Crippen molar-refractivity contribution in [3.8, 4) is 40.2 Å². The summed E-state index contributed by atoms with van der Waals surface area (Å²) < 4.78 is 18.1. The van der Waals surface area contributed by atoms with Crippen LogP contribution >= 0.6 is 0 Å². The van der Waals surface area contributed by atoms with Crippen molar-refractivity contribution >= 4 is 5.91 Å². The molecule has 0 bridgehead atoms. The van der Waals surface area contributed by atoms with Crippen molar-refractivity contribution in [3.05, 3.63) is 60.6 Å². The van der Waals surface area contributed by atoms with Gasteiger partial charge in [0.1, 0.15) is 5.69 Å². The highest BCUT2D eigenvalue weighted by molar-refractivity contribution is 5.99. The van der Waals surface area contributed by atoms with E-state index in [0.717, 1.165) is 18.7 Å². The Morgan fingerprint density at radius 3 is 2.71 bits per heavy atom. The van der Waals surface area contributed by atoms with Crippen LogP contribution in [0.3, 0.4) is 0 Å². The van der Waals surface area contributed by atoms with Crippen molar-refractivity contribution in [1.82, 2.24) is 29.5 Å². The first kappa shape index (κ1) is 20.4. The lowest BCUT2D eigenvalue weighted by Crippen LogP contribution is -2.47. The minimum Gasteiger partial charge on any atom is -0.463 e. The van der Waals surface area contributed by atoms with E-state index in [4.69, 9.17) is 18.9 Å². The molecule has 0 spiro atoms. The SMILES string of the molecule is CN1CCN(C(=O)c2cnn(-c3nccc(-c4ccc5c(c4)OCO5)n3)c2-c2ccco2)CC1. The molecule has 0 N–H and O–H groups in total. The quantitative estimate of drug-likeness (QED) is 0.460. The lowest BCUT2D eigenvalue weighted by Gasteiger charge is -2.32. The molecular weight excluding hydrogens is 436 g/mol. The Hall–Kier alpha value is -4.18. The maximum Gasteiger partial charge on any atom is 0.257 e. The van der Waals surface area contributed by atoms with E-state index in [0.29, 0.717) is 53.2 Å². The van der Waals surface area contributed by atoms with Crippen molar-refractivity contribution < 1.29 is 18.7 Å². The number of amides is 1. The lowest BCUT2D eigenvalue weighted by molar-refractivity contribution is 0.0664. The Bertz CT molecular complexity index is 1340. The monoisotopic (exact) mass is 458 g/mol. The number of carbonyl (C=O) groups excluding carboxylic acids is 1. The molecule has 1 aromatic carbocycles. The lowest BCUT2D eigenvalue weighted by atomic mass is 10.1. The molecule has 0 aliphatic carbocycles. The highest BCUT2D eigenvalue weighted by Gasteiger charge is 2.28. The highest BCUT2D eigenvalue weighted by atomic mass is 16.7. The van der Waals surface area contributed by atoms with Gasteiger partial charge in [0, 0.05) is 37.9 Å². The van der Waals surface area contributed by atoms with E-state index in [-0.39, 0.29) is 12.7 Å². The summed E-state index contributed by atoms with van der Waals surface area (Å²) in [6.45, 7) is 3.19. The maximum absolute atomic E-state index is 13.4. The van der Waals surface area contributed by atoms with E-state index >= 15 is 0 Å². The van der Waals surface area contributed by atoms with Gasteiger partial charge in [0.2, 0.25) is 6.79 Å². The number of hydrogen-bond donors (Lipinski definition) is 0. The summed E-state index contributed by atoms with van der Waals surface area (Å²) in [5.41, 5.74) is 2.53. The first-order valence-corrected chi connectivity index (χ1v) is 11.0. The molecule has 6 rings (SSSR count). The van der Waals surface area contributed by atoms with Crippen LogP contribution in [0, 0.1) is 0 Å². The number of hydrogen-bond acceptors (Lipinski definition) is 8. The second-order valence-corrected chi connectivity index (χ2v) is 8.20. The Morgan fingerprint density at radius 1 is 1.03 bits per heavy atom. The average molecular weight is 458 g/mol. The molecule has 2 aliphatic rings. The van der Waals surface area contributed by atoms with Crippen molar-refractivity contribution in [2.45, 2.75) is 0 Å². The molecule has 0 unspecified atom stereocenters. The largest absolute Gasteiger partial charge is 0.463 e. The Morgan fingerprint density at radius 2 is 1.88 bits per heavy atom. The molecule has 0 atom stereocenters. The van der Waals surface area contributed by atoms with Crippen LogP contribution in [0.1, 0.15) is 10.4 Å². The number of benzene rings is 1. The number of furan rings is 1. The van der Waals surface area contributed by atoms with Crippen LogP contribution in [-0.2, 0) is 0 Å². The number of ether oxygens (including phenoxy) is 2. The minimum absolute atomic E-state index is 0.0855. The molecule has 4 aromatic rings. The van der Waals surface area contributed by atoms with Gasteiger partial charge in [-0.1, -0.05) is 0 Å². The molecule has 1 amide bonds. The summed E-state index contributed by atoms with van der Waals surface area (Å²) >= 11 is 0. The Labute approximate surface area is 195 Å². The number of aromatic nitrogens is 4. The number of carbonyl (C=O) groups is 1. The standard InChI is InChI=1S/C24H22N6O4/c1-28-8-10-29(11-9-28)23(31)17-14-26-30(22(17)20-3-2-12-32-20)24-25-7-6-18(27-24)16-4-5-19-21(13-16)34-15-33-19/h2-7,12-14H,8-11,15H2,1H3. The fourth-order valence-corrected chi connectivity index (χ4v) is 4.15. The number of piperazine rings is 1. The zero-order valence-corrected chi connectivity index (χ0v) is 18.5. The van der Waals surface area contributed by atoms with Crippen LogP contribution in [0.2, 0.25) is 0 Å². The molecule has 10 nitrogen and oxygen atoms in total. The van der Waals surface area contributed by atoms with E-state index in [1.807, 2.05) is 29.2 Å². The van der Waals surface area contributed by atoms with Crippen LogP contribution in [0.5, 0.6) is 11.5 Å². The van der Waals surface area contributed by atoms with Crippen LogP contribution in [-0.4, -0.2) is 75.5 Å². The summed E-state index contributed by atoms with van der Waals surface area (Å²) in [6.07, 6.45) is 4.80. The average Bonchev–Trinajstić information content (AvgIpc) is 3.64. The van der Waals surface area contributed by atoms with E-state index in [2.05, 4.69) is 22.0 Å². The predicted octanol–water partition coefficient (Wildman–Crippen LogP) is 2.71. The van der Waals surface area contributed by atoms with E-state index < -0.39 is 0 Å². The maximum atomic E-state index is 13.4. The van der Waals surface area contributed by atoms with Crippen molar-refractivity contribution in [1.29, 1.82) is 0 Å². The summed E-state index contributed by atoms with van der Waals surface area (Å²) in [6, 6.07) is 11.0. The van der Waals surface area contributed by atoms with Gasteiger partial charge in [-0.25, -0.2) is 9.97 Å². The van der Waals surface area contributed by atoms with Crippen LogP contribution < -0.4 is 9.47 Å². The molecular formula is C24H22N6O4. The van der Waals surface area contributed by atoms with Gasteiger partial charge in [0.05, 0.1) is 23.7 Å². The predicted molar refractivity (Wildman–Crippen MR) is 122 cm³/mol. The van der Waals surface area contributed by atoms with Gasteiger partial charge < -0.3 is 23.7 Å². The van der Waals surface area contributed by atoms with Gasteiger partial charge in [-0.05, 0) is 43.4 Å². The summed E-state index contributed by atoms with van der Waals surface area (Å²) in [5.74, 6) is 2.15. The number of rotatable bonds is 4. The molecule has 10 heteroatoms. The molecule has 5 heterocycles. The number of nitrogens with zero attached hydrogens (tertiary/aromatic N) is 6. The first-order valence-electron chi connectivity index (χ1n) is 11.0. The summed E-state index contributed by atoms with van der Waals surface area (Å²) in [5, 5.41) is 4.49. The molecule has 2 aliphatic heterocycles. The molecule has 1 fully saturated rings. The normalized spacial score (nSPS) is 15.6. The van der Waals surface area contributed by atoms with Crippen LogP contribution in [0.25, 0.3) is 28.7 Å². The van der Waals surface area contributed by atoms with Crippen molar-refractivity contribution in [2.75, 3.05) is 40.0 Å². The Balaban J connectivity index is 1.40. The zero-order chi connectivity index (χ0) is 23.1. The number of likely N-dealkylation sites (N-methyl/N-ethyl adjacent to an activating group) is 1. The van der Waals surface area contributed by atoms with Gasteiger partial charge in [-0.15, -0.1) is 0 Å². The molecule has 172 valence electrons. The second-order valence-electron chi connectivity index (χ2n) is 8.20. The third-order valence-electron chi connectivity index (χ3n) is 6.05. The summed E-state index contributed by atoms with van der Waals surface area (Å²) in [7, 11) is 2.05. The van der Waals surface area contributed by atoms with E-state index in [9.17, 15) is 4.79 Å². The highest BCUT2D eigenvalue weighted by Crippen LogP contribution is 2.35. The van der Waals surface area contributed by atoms with Gasteiger partial charge in [-0.3, -0.25) is 4.79 Å². The van der Waals surface area contributed by atoms with E-state index in [1.54, 1.807) is 35.5 Å². The third kappa shape index (κ3) is 3.57. The zero-order valence-electron chi connectivity index (χ0n) is 18.5. The van der Waals surface area contributed by atoms with E-state index in [1.165, 1.54) is 0 Å². The van der Waals surface area contributed by atoms with Crippen molar-refractivity contribution in [3.63, 3.8) is 0 Å². The van der Waals surface area contributed by atoms with Gasteiger partial charge in [-0.2, -0.15) is 9.78 Å². The van der Waals surface area contributed by atoms with Gasteiger partial charge in [0.15, 0.2) is 17.3 Å². The second kappa shape index (κ2) is 8.31. The third-order valence-corrected chi connectivity index (χ3v) is 6.05. The molecule has 34 heavy (non-hydrogen) atoms. The van der Waals surface area contributed by atoms with Crippen LogP contribution in [0.4, 0.5) is 0 Å². The van der Waals surface area contributed by atoms with Crippen LogP contribution in [0.15, 0.2) is 59.5 Å². The summed E-state index contributed by atoms with van der Waals surface area (Å²) in [4.78, 5) is 26.6. The molecule has 0 saturated carbocycles. The van der Waals surface area contributed by atoms with Gasteiger partial charge in [0.25, 0.3) is 11.9 Å². The number of fused-ring (bicyclic) bond motifs is 1. The van der Waals surface area contributed by atoms with Crippen molar-refractivity contribution in [2.24, 2.45) is 0 Å². The topological polar surface area (TPSA) is 98.8 Å². The Kier molecular flexibility index (Phi) is 4.99. The molecule has 1 saturated heterocycles.